The standard InChI is InChI=1S/C15H16N2O2/c1-11-7-8-16-10-14(11)15(18)17-9-12-3-5-13(19-2)6-4-12/h3-8,10H,9H2,1-2H3,(H,17,18). The van der Waals surface area contributed by atoms with E-state index < -0.39 is 0 Å². The molecule has 0 spiro atoms. The number of carbonyl (C=O) groups is 1. The van der Waals surface area contributed by atoms with Gasteiger partial charge in [0.15, 0.2) is 0 Å². The van der Waals surface area contributed by atoms with Crippen molar-refractivity contribution in [1.29, 1.82) is 0 Å². The Morgan fingerprint density at radius 1 is 1.26 bits per heavy atom. The molecule has 0 aliphatic rings. The summed E-state index contributed by atoms with van der Waals surface area (Å²) in [6.07, 6.45) is 3.26. The van der Waals surface area contributed by atoms with Crippen molar-refractivity contribution in [2.45, 2.75) is 13.5 Å². The predicted octanol–water partition coefficient (Wildman–Crippen LogP) is 2.33. The normalized spacial score (nSPS) is 10.0. The van der Waals surface area contributed by atoms with Crippen LogP contribution in [0.5, 0.6) is 5.75 Å². The van der Waals surface area contributed by atoms with Gasteiger partial charge in [0.25, 0.3) is 5.91 Å². The van der Waals surface area contributed by atoms with Crippen molar-refractivity contribution in [3.8, 4) is 5.75 Å². The van der Waals surface area contributed by atoms with Crippen LogP contribution in [0.2, 0.25) is 0 Å². The molecule has 1 heterocycles. The number of ether oxygens (including phenoxy) is 1. The fourth-order valence-corrected chi connectivity index (χ4v) is 1.72. The van der Waals surface area contributed by atoms with Gasteiger partial charge in [-0.05, 0) is 36.2 Å². The fraction of sp³-hybridized carbons (Fsp3) is 0.200. The van der Waals surface area contributed by atoms with Crippen molar-refractivity contribution in [2.75, 3.05) is 7.11 Å². The third-order valence-corrected chi connectivity index (χ3v) is 2.90. The van der Waals surface area contributed by atoms with Gasteiger partial charge in [0, 0.05) is 18.9 Å². The van der Waals surface area contributed by atoms with E-state index in [4.69, 9.17) is 4.74 Å². The molecule has 0 aliphatic heterocycles. The number of hydrogen-bond donors (Lipinski definition) is 1. The molecule has 1 N–H and O–H groups in total. The zero-order valence-corrected chi connectivity index (χ0v) is 11.0. The smallest absolute Gasteiger partial charge is 0.253 e. The molecule has 1 aromatic heterocycles. The molecule has 0 unspecified atom stereocenters. The third-order valence-electron chi connectivity index (χ3n) is 2.90. The monoisotopic (exact) mass is 256 g/mol. The van der Waals surface area contributed by atoms with Crippen LogP contribution in [0.25, 0.3) is 0 Å². The number of methoxy groups -OCH3 is 1. The molecular formula is C15H16N2O2. The lowest BCUT2D eigenvalue weighted by Gasteiger charge is -2.07. The Morgan fingerprint density at radius 3 is 2.63 bits per heavy atom. The quantitative estimate of drug-likeness (QED) is 0.913. The maximum Gasteiger partial charge on any atom is 0.253 e. The molecule has 1 aromatic carbocycles. The number of aryl methyl sites for hydroxylation is 1. The Balaban J connectivity index is 1.98. The number of pyridine rings is 1. The van der Waals surface area contributed by atoms with Crippen LogP contribution >= 0.6 is 0 Å². The van der Waals surface area contributed by atoms with Gasteiger partial charge in [0.1, 0.15) is 5.75 Å². The van der Waals surface area contributed by atoms with Crippen molar-refractivity contribution in [1.82, 2.24) is 10.3 Å². The molecule has 2 rings (SSSR count). The minimum atomic E-state index is -0.110. The molecule has 0 saturated carbocycles. The second-order valence-electron chi connectivity index (χ2n) is 4.22. The van der Waals surface area contributed by atoms with E-state index in [9.17, 15) is 4.79 Å². The molecule has 0 radical (unpaired) electrons. The van der Waals surface area contributed by atoms with E-state index in [1.807, 2.05) is 37.3 Å². The van der Waals surface area contributed by atoms with Crippen LogP contribution in [0.1, 0.15) is 21.5 Å². The highest BCUT2D eigenvalue weighted by molar-refractivity contribution is 5.95. The van der Waals surface area contributed by atoms with E-state index in [0.717, 1.165) is 16.9 Å². The lowest BCUT2D eigenvalue weighted by molar-refractivity contribution is 0.0950. The average Bonchev–Trinajstić information content (AvgIpc) is 2.46. The van der Waals surface area contributed by atoms with E-state index in [1.54, 1.807) is 19.5 Å². The number of nitrogens with one attached hydrogen (secondary N) is 1. The number of nitrogens with zero attached hydrogens (tertiary/aromatic N) is 1. The second kappa shape index (κ2) is 6.00. The highest BCUT2D eigenvalue weighted by atomic mass is 16.5. The number of aromatic nitrogens is 1. The van der Waals surface area contributed by atoms with Gasteiger partial charge in [-0.1, -0.05) is 12.1 Å². The van der Waals surface area contributed by atoms with Crippen LogP contribution in [0.4, 0.5) is 0 Å². The molecule has 4 nitrogen and oxygen atoms in total. The van der Waals surface area contributed by atoms with Gasteiger partial charge in [-0.2, -0.15) is 0 Å². The summed E-state index contributed by atoms with van der Waals surface area (Å²) in [5.74, 6) is 0.694. The molecule has 0 fully saturated rings. The molecule has 2 aromatic rings. The zero-order valence-electron chi connectivity index (χ0n) is 11.0. The molecule has 98 valence electrons. The van der Waals surface area contributed by atoms with Crippen molar-refractivity contribution in [3.63, 3.8) is 0 Å². The molecule has 4 heteroatoms. The van der Waals surface area contributed by atoms with Gasteiger partial charge in [0.2, 0.25) is 0 Å². The van der Waals surface area contributed by atoms with E-state index in [1.165, 1.54) is 0 Å². The summed E-state index contributed by atoms with van der Waals surface area (Å²) in [5.41, 5.74) is 2.55. The van der Waals surface area contributed by atoms with Gasteiger partial charge < -0.3 is 10.1 Å². The van der Waals surface area contributed by atoms with Crippen LogP contribution in [0.15, 0.2) is 42.7 Å². The van der Waals surface area contributed by atoms with Crippen molar-refractivity contribution >= 4 is 5.91 Å². The first kappa shape index (κ1) is 13.1. The van der Waals surface area contributed by atoms with Crippen LogP contribution < -0.4 is 10.1 Å². The number of carbonyl (C=O) groups excluding carboxylic acids is 1. The molecule has 1 amide bonds. The van der Waals surface area contributed by atoms with Crippen LogP contribution in [-0.2, 0) is 6.54 Å². The molecule has 0 aliphatic carbocycles. The Morgan fingerprint density at radius 2 is 2.00 bits per heavy atom. The summed E-state index contributed by atoms with van der Waals surface area (Å²) in [7, 11) is 1.63. The minimum absolute atomic E-state index is 0.110. The van der Waals surface area contributed by atoms with Gasteiger partial charge in [-0.25, -0.2) is 0 Å². The summed E-state index contributed by atoms with van der Waals surface area (Å²) in [6.45, 7) is 2.38. The van der Waals surface area contributed by atoms with Crippen LogP contribution in [0.3, 0.4) is 0 Å². The number of hydrogen-bond acceptors (Lipinski definition) is 3. The number of benzene rings is 1. The Labute approximate surface area is 112 Å². The Hall–Kier alpha value is -2.36. The summed E-state index contributed by atoms with van der Waals surface area (Å²) in [5, 5.41) is 2.87. The van der Waals surface area contributed by atoms with Gasteiger partial charge in [0.05, 0.1) is 12.7 Å². The Bertz CT molecular complexity index is 565. The van der Waals surface area contributed by atoms with Gasteiger partial charge >= 0.3 is 0 Å². The topological polar surface area (TPSA) is 51.2 Å². The minimum Gasteiger partial charge on any atom is -0.497 e. The van der Waals surface area contributed by atoms with Crippen LogP contribution in [0, 0.1) is 6.92 Å². The van der Waals surface area contributed by atoms with E-state index in [2.05, 4.69) is 10.3 Å². The van der Waals surface area contributed by atoms with Crippen molar-refractivity contribution in [3.05, 3.63) is 59.4 Å². The number of rotatable bonds is 4. The summed E-state index contributed by atoms with van der Waals surface area (Å²) in [4.78, 5) is 16.0. The highest BCUT2D eigenvalue weighted by Gasteiger charge is 2.08. The first-order chi connectivity index (χ1) is 9.20. The molecule has 0 saturated heterocycles. The predicted molar refractivity (Wildman–Crippen MR) is 73.1 cm³/mol. The summed E-state index contributed by atoms with van der Waals surface area (Å²) in [6, 6.07) is 9.42. The Kier molecular flexibility index (Phi) is 4.13. The summed E-state index contributed by atoms with van der Waals surface area (Å²) < 4.78 is 5.08. The van der Waals surface area contributed by atoms with Crippen molar-refractivity contribution in [2.24, 2.45) is 0 Å². The second-order valence-corrected chi connectivity index (χ2v) is 4.22. The largest absolute Gasteiger partial charge is 0.497 e. The maximum absolute atomic E-state index is 12.0. The highest BCUT2D eigenvalue weighted by Crippen LogP contribution is 2.11. The van der Waals surface area contributed by atoms with Gasteiger partial charge in [-0.15, -0.1) is 0 Å². The first-order valence-corrected chi connectivity index (χ1v) is 6.02. The molecule has 0 atom stereocenters. The SMILES string of the molecule is COc1ccc(CNC(=O)c2cnccc2C)cc1. The zero-order chi connectivity index (χ0) is 13.7. The molecule has 0 bridgehead atoms. The van der Waals surface area contributed by atoms with Gasteiger partial charge in [-0.3, -0.25) is 9.78 Å². The van der Waals surface area contributed by atoms with Crippen LogP contribution in [-0.4, -0.2) is 18.0 Å². The van der Waals surface area contributed by atoms with E-state index >= 15 is 0 Å². The van der Waals surface area contributed by atoms with E-state index in [-0.39, 0.29) is 5.91 Å². The molecule has 19 heavy (non-hydrogen) atoms. The molecular weight excluding hydrogens is 240 g/mol. The lowest BCUT2D eigenvalue weighted by Crippen LogP contribution is -2.23. The number of amides is 1. The maximum atomic E-state index is 12.0. The lowest BCUT2D eigenvalue weighted by atomic mass is 10.1. The van der Waals surface area contributed by atoms with Crippen molar-refractivity contribution < 1.29 is 9.53 Å². The first-order valence-electron chi connectivity index (χ1n) is 6.02. The summed E-state index contributed by atoms with van der Waals surface area (Å²) >= 11 is 0. The fourth-order valence-electron chi connectivity index (χ4n) is 1.72. The average molecular weight is 256 g/mol. The van der Waals surface area contributed by atoms with E-state index in [0.29, 0.717) is 12.1 Å². The third kappa shape index (κ3) is 3.31.